The first-order valence-electron chi connectivity index (χ1n) is 8.77. The van der Waals surface area contributed by atoms with Crippen LogP contribution in [0.2, 0.25) is 0 Å². The van der Waals surface area contributed by atoms with E-state index in [1.165, 1.54) is 11.8 Å². The van der Waals surface area contributed by atoms with E-state index in [0.717, 1.165) is 48.1 Å². The van der Waals surface area contributed by atoms with E-state index in [1.807, 2.05) is 13.0 Å². The van der Waals surface area contributed by atoms with Gasteiger partial charge in [-0.25, -0.2) is 0 Å². The van der Waals surface area contributed by atoms with Crippen molar-refractivity contribution in [3.05, 3.63) is 17.5 Å². The highest BCUT2D eigenvalue weighted by molar-refractivity contribution is 8.00. The first-order valence-corrected chi connectivity index (χ1v) is 10.5. The molecule has 4 rings (SSSR count). The second kappa shape index (κ2) is 7.47. The van der Waals surface area contributed by atoms with E-state index in [0.29, 0.717) is 12.6 Å². The maximum atomic E-state index is 12.4. The minimum atomic E-state index is -0.209. The molecule has 2 fully saturated rings. The average molecular weight is 379 g/mol. The largest absolute Gasteiger partial charge is 0.376 e. The highest BCUT2D eigenvalue weighted by atomic mass is 32.2. The van der Waals surface area contributed by atoms with E-state index in [-0.39, 0.29) is 17.3 Å². The van der Waals surface area contributed by atoms with Gasteiger partial charge < -0.3 is 10.1 Å². The molecule has 1 N–H and O–H groups in total. The van der Waals surface area contributed by atoms with Crippen molar-refractivity contribution in [3.8, 4) is 10.7 Å². The normalized spacial score (nSPS) is 21.4. The lowest BCUT2D eigenvalue weighted by molar-refractivity contribution is -0.120. The van der Waals surface area contributed by atoms with Crippen LogP contribution in [0.1, 0.15) is 38.6 Å². The van der Waals surface area contributed by atoms with Crippen LogP contribution in [-0.4, -0.2) is 45.2 Å². The molecule has 1 amide bonds. The van der Waals surface area contributed by atoms with Gasteiger partial charge in [0.1, 0.15) is 0 Å². The lowest BCUT2D eigenvalue weighted by atomic mass is 10.2. The van der Waals surface area contributed by atoms with E-state index in [2.05, 4.69) is 31.5 Å². The Bertz CT molecular complexity index is 721. The first-order chi connectivity index (χ1) is 12.2. The topological polar surface area (TPSA) is 69.0 Å². The molecule has 2 aliphatic rings. The zero-order valence-corrected chi connectivity index (χ0v) is 15.8. The summed E-state index contributed by atoms with van der Waals surface area (Å²) in [4.78, 5) is 13.5. The molecule has 0 spiro atoms. The van der Waals surface area contributed by atoms with Crippen molar-refractivity contribution in [2.24, 2.45) is 0 Å². The van der Waals surface area contributed by atoms with Crippen LogP contribution >= 0.6 is 23.1 Å². The fraction of sp³-hybridized carbons (Fsp3) is 0.588. The minimum Gasteiger partial charge on any atom is -0.376 e. The Balaban J connectivity index is 1.42. The molecule has 2 aromatic heterocycles. The van der Waals surface area contributed by atoms with E-state index < -0.39 is 0 Å². The van der Waals surface area contributed by atoms with E-state index >= 15 is 0 Å². The molecule has 1 saturated heterocycles. The number of ether oxygens (including phenoxy) is 1. The quantitative estimate of drug-likeness (QED) is 0.750. The molecule has 1 aliphatic heterocycles. The van der Waals surface area contributed by atoms with Crippen LogP contribution in [0, 0.1) is 0 Å². The summed E-state index contributed by atoms with van der Waals surface area (Å²) in [5, 5.41) is 14.4. The van der Waals surface area contributed by atoms with Crippen LogP contribution in [0.15, 0.2) is 22.7 Å². The molecule has 0 aromatic carbocycles. The van der Waals surface area contributed by atoms with Crippen molar-refractivity contribution >= 4 is 29.0 Å². The summed E-state index contributed by atoms with van der Waals surface area (Å²) in [6.45, 7) is 3.33. The lowest BCUT2D eigenvalue weighted by Gasteiger charge is -2.15. The molecule has 3 heterocycles. The van der Waals surface area contributed by atoms with Gasteiger partial charge in [0.05, 0.1) is 16.2 Å². The molecule has 134 valence electrons. The molecule has 25 heavy (non-hydrogen) atoms. The van der Waals surface area contributed by atoms with Crippen LogP contribution in [0.4, 0.5) is 0 Å². The number of carbonyl (C=O) groups excluding carboxylic acids is 1. The van der Waals surface area contributed by atoms with Gasteiger partial charge in [0.15, 0.2) is 11.0 Å². The summed E-state index contributed by atoms with van der Waals surface area (Å²) >= 11 is 3.16. The number of nitrogens with one attached hydrogen (secondary N) is 1. The predicted molar refractivity (Wildman–Crippen MR) is 98.9 cm³/mol. The first kappa shape index (κ1) is 17.1. The second-order valence-electron chi connectivity index (χ2n) is 6.52. The van der Waals surface area contributed by atoms with Gasteiger partial charge in [0.2, 0.25) is 5.91 Å². The Kier molecular flexibility index (Phi) is 5.10. The standard InChI is InChI=1S/C17H22N4O2S2/c1-11(16(22)18-10-13-4-2-8-23-13)25-17-20-19-15(14-5-3-9-24-14)21(17)12-6-7-12/h3,5,9,11-13H,2,4,6-8,10H2,1H3,(H,18,22)/t11-,13-/m1/s1. The Morgan fingerprint density at radius 3 is 3.04 bits per heavy atom. The van der Waals surface area contributed by atoms with Gasteiger partial charge in [-0.2, -0.15) is 0 Å². The third-order valence-electron chi connectivity index (χ3n) is 4.50. The van der Waals surface area contributed by atoms with Gasteiger partial charge in [-0.05, 0) is 44.1 Å². The molecule has 2 atom stereocenters. The summed E-state index contributed by atoms with van der Waals surface area (Å²) in [5.74, 6) is 0.954. The monoisotopic (exact) mass is 378 g/mol. The Hall–Kier alpha value is -1.38. The minimum absolute atomic E-state index is 0.0310. The number of hydrogen-bond donors (Lipinski definition) is 1. The summed E-state index contributed by atoms with van der Waals surface area (Å²) in [5.41, 5.74) is 0. The molecular weight excluding hydrogens is 356 g/mol. The molecule has 1 saturated carbocycles. The van der Waals surface area contributed by atoms with Gasteiger partial charge >= 0.3 is 0 Å². The van der Waals surface area contributed by atoms with Crippen molar-refractivity contribution in [1.29, 1.82) is 0 Å². The Morgan fingerprint density at radius 2 is 2.36 bits per heavy atom. The second-order valence-corrected chi connectivity index (χ2v) is 8.78. The molecular formula is C17H22N4O2S2. The van der Waals surface area contributed by atoms with Gasteiger partial charge in [0.25, 0.3) is 0 Å². The third-order valence-corrected chi connectivity index (χ3v) is 6.42. The zero-order chi connectivity index (χ0) is 17.2. The molecule has 8 heteroatoms. The highest BCUT2D eigenvalue weighted by Gasteiger charge is 2.31. The molecule has 0 bridgehead atoms. The Morgan fingerprint density at radius 1 is 1.48 bits per heavy atom. The number of thiophene rings is 1. The van der Waals surface area contributed by atoms with E-state index in [1.54, 1.807) is 11.3 Å². The van der Waals surface area contributed by atoms with Gasteiger partial charge in [-0.1, -0.05) is 17.8 Å². The summed E-state index contributed by atoms with van der Waals surface area (Å²) in [7, 11) is 0. The number of thioether (sulfide) groups is 1. The van der Waals surface area contributed by atoms with Crippen LogP contribution in [0.5, 0.6) is 0 Å². The van der Waals surface area contributed by atoms with Crippen molar-refractivity contribution in [1.82, 2.24) is 20.1 Å². The lowest BCUT2D eigenvalue weighted by Crippen LogP contribution is -2.36. The maximum absolute atomic E-state index is 12.4. The number of aromatic nitrogens is 3. The molecule has 1 aliphatic carbocycles. The fourth-order valence-electron chi connectivity index (χ4n) is 2.97. The van der Waals surface area contributed by atoms with Crippen LogP contribution in [0.25, 0.3) is 10.7 Å². The average Bonchev–Trinajstić information content (AvgIpc) is 3.05. The van der Waals surface area contributed by atoms with Crippen LogP contribution in [0.3, 0.4) is 0 Å². The van der Waals surface area contributed by atoms with Gasteiger partial charge in [-0.3, -0.25) is 9.36 Å². The summed E-state index contributed by atoms with van der Waals surface area (Å²) in [6, 6.07) is 4.57. The van der Waals surface area contributed by atoms with Crippen LogP contribution in [-0.2, 0) is 9.53 Å². The number of rotatable bonds is 7. The Labute approximate surface area is 155 Å². The smallest absolute Gasteiger partial charge is 0.233 e. The van der Waals surface area contributed by atoms with Gasteiger partial charge in [-0.15, -0.1) is 21.5 Å². The van der Waals surface area contributed by atoms with Crippen molar-refractivity contribution in [2.45, 2.75) is 55.2 Å². The van der Waals surface area contributed by atoms with E-state index in [9.17, 15) is 4.79 Å². The molecule has 6 nitrogen and oxygen atoms in total. The summed E-state index contributed by atoms with van der Waals surface area (Å²) in [6.07, 6.45) is 4.59. The molecule has 0 radical (unpaired) electrons. The van der Waals surface area contributed by atoms with Crippen molar-refractivity contribution in [3.63, 3.8) is 0 Å². The van der Waals surface area contributed by atoms with Crippen LogP contribution < -0.4 is 5.32 Å². The number of nitrogens with zero attached hydrogens (tertiary/aromatic N) is 3. The zero-order valence-electron chi connectivity index (χ0n) is 14.2. The SMILES string of the molecule is C[C@@H](Sc1nnc(-c2cccs2)n1C1CC1)C(=O)NC[C@H]1CCCO1. The molecule has 0 unspecified atom stereocenters. The number of amides is 1. The number of hydrogen-bond acceptors (Lipinski definition) is 6. The van der Waals surface area contributed by atoms with Gasteiger partial charge in [0, 0.05) is 19.2 Å². The predicted octanol–water partition coefficient (Wildman–Crippen LogP) is 3.12. The third kappa shape index (κ3) is 3.91. The molecule has 2 aromatic rings. The summed E-state index contributed by atoms with van der Waals surface area (Å²) < 4.78 is 7.77. The maximum Gasteiger partial charge on any atom is 0.233 e. The van der Waals surface area contributed by atoms with Crippen molar-refractivity contribution in [2.75, 3.05) is 13.2 Å². The van der Waals surface area contributed by atoms with Crippen molar-refractivity contribution < 1.29 is 9.53 Å². The highest BCUT2D eigenvalue weighted by Crippen LogP contribution is 2.42. The number of carbonyl (C=O) groups is 1. The van der Waals surface area contributed by atoms with E-state index in [4.69, 9.17) is 4.74 Å². The fourth-order valence-corrected chi connectivity index (χ4v) is 4.62.